The average Bonchev–Trinajstić information content (AvgIpc) is 3.16. The van der Waals surface area contributed by atoms with E-state index in [1.165, 1.54) is 0 Å². The molecule has 5 nitrogen and oxygen atoms in total. The van der Waals surface area contributed by atoms with Gasteiger partial charge in [0.1, 0.15) is 23.8 Å². The minimum Gasteiger partial charge on any atom is -0.487 e. The molecule has 3 aromatic rings. The molecule has 0 spiro atoms. The molecule has 160 valence electrons. The zero-order valence-corrected chi connectivity index (χ0v) is 18.6. The van der Waals surface area contributed by atoms with Crippen LogP contribution in [-0.2, 0) is 28.6 Å². The molecule has 0 saturated heterocycles. The van der Waals surface area contributed by atoms with Crippen molar-refractivity contribution in [3.63, 3.8) is 0 Å². The lowest BCUT2D eigenvalue weighted by atomic mass is 10.1. The smallest absolute Gasteiger partial charge is 0.226 e. The second-order valence-corrected chi connectivity index (χ2v) is 8.98. The number of hydrogen-bond donors (Lipinski definition) is 0. The van der Waals surface area contributed by atoms with E-state index in [4.69, 9.17) is 13.9 Å². The normalized spacial score (nSPS) is 13.2. The van der Waals surface area contributed by atoms with Gasteiger partial charge < -0.3 is 13.9 Å². The summed E-state index contributed by atoms with van der Waals surface area (Å²) in [7, 11) is -0.892. The third-order valence-corrected chi connectivity index (χ3v) is 6.46. The van der Waals surface area contributed by atoms with Crippen molar-refractivity contribution in [3.8, 4) is 17.2 Å². The van der Waals surface area contributed by atoms with Crippen LogP contribution in [0.5, 0.6) is 5.75 Å². The molecular formula is C24H29NO4S. The van der Waals surface area contributed by atoms with Crippen molar-refractivity contribution in [2.45, 2.75) is 39.0 Å². The quantitative estimate of drug-likeness (QED) is 0.433. The van der Waals surface area contributed by atoms with E-state index in [1.807, 2.05) is 75.4 Å². The standard InChI is InChI=1S/C24H29NO4S/c1-4-27-16-22(30(26)5-2)15-19-11-13-21(14-12-19)28-17-23-18(3)29-24(25-23)20-9-7-6-8-10-20/h6-14,22H,4-5,15-17H2,1-3H3/t22-,30?/m0/s1. The molecule has 2 atom stereocenters. The van der Waals surface area contributed by atoms with Crippen molar-refractivity contribution < 1.29 is 18.1 Å². The van der Waals surface area contributed by atoms with Gasteiger partial charge in [0.2, 0.25) is 5.89 Å². The SMILES string of the molecule is CCOC[C@H](Cc1ccc(OCc2nc(-c3ccccc3)oc2C)cc1)S(=O)CC. The Bertz CT molecular complexity index is 938. The van der Waals surface area contributed by atoms with Crippen LogP contribution >= 0.6 is 0 Å². The number of aryl methyl sites for hydroxylation is 1. The number of hydrogen-bond acceptors (Lipinski definition) is 5. The minimum atomic E-state index is -0.892. The topological polar surface area (TPSA) is 61.6 Å². The fraction of sp³-hybridized carbons (Fsp3) is 0.375. The van der Waals surface area contributed by atoms with Gasteiger partial charge in [-0.15, -0.1) is 0 Å². The number of nitrogens with zero attached hydrogens (tertiary/aromatic N) is 1. The maximum atomic E-state index is 12.3. The first-order valence-electron chi connectivity index (χ1n) is 10.3. The van der Waals surface area contributed by atoms with Crippen LogP contribution in [0.1, 0.15) is 30.9 Å². The van der Waals surface area contributed by atoms with E-state index in [2.05, 4.69) is 4.98 Å². The van der Waals surface area contributed by atoms with Gasteiger partial charge in [-0.2, -0.15) is 0 Å². The Morgan fingerprint density at radius 3 is 2.47 bits per heavy atom. The number of rotatable bonds is 11. The number of oxazole rings is 1. The lowest BCUT2D eigenvalue weighted by molar-refractivity contribution is 0.147. The Morgan fingerprint density at radius 1 is 1.07 bits per heavy atom. The summed E-state index contributed by atoms with van der Waals surface area (Å²) in [6.07, 6.45) is 0.726. The summed E-state index contributed by atoms with van der Waals surface area (Å²) in [4.78, 5) is 4.57. The van der Waals surface area contributed by atoms with Crippen LogP contribution in [0, 0.1) is 6.92 Å². The summed E-state index contributed by atoms with van der Waals surface area (Å²) < 4.78 is 29.5. The summed E-state index contributed by atoms with van der Waals surface area (Å²) in [5, 5.41) is 0.0101. The van der Waals surface area contributed by atoms with Gasteiger partial charge in [0.05, 0.1) is 11.9 Å². The van der Waals surface area contributed by atoms with Crippen molar-refractivity contribution in [3.05, 3.63) is 71.6 Å². The van der Waals surface area contributed by atoms with Crippen LogP contribution in [0.4, 0.5) is 0 Å². The largest absolute Gasteiger partial charge is 0.487 e. The summed E-state index contributed by atoms with van der Waals surface area (Å²) in [6.45, 7) is 7.29. The van der Waals surface area contributed by atoms with Crippen molar-refractivity contribution in [2.24, 2.45) is 0 Å². The highest BCUT2D eigenvalue weighted by molar-refractivity contribution is 7.85. The van der Waals surface area contributed by atoms with E-state index >= 15 is 0 Å². The Balaban J connectivity index is 1.59. The Kier molecular flexibility index (Phi) is 8.22. The van der Waals surface area contributed by atoms with Crippen LogP contribution < -0.4 is 4.74 Å². The van der Waals surface area contributed by atoms with E-state index in [9.17, 15) is 4.21 Å². The first-order chi connectivity index (χ1) is 14.6. The van der Waals surface area contributed by atoms with Gasteiger partial charge in [-0.3, -0.25) is 4.21 Å². The molecule has 2 aromatic carbocycles. The van der Waals surface area contributed by atoms with E-state index in [0.717, 1.165) is 34.8 Å². The summed E-state index contributed by atoms with van der Waals surface area (Å²) in [5.41, 5.74) is 2.85. The highest BCUT2D eigenvalue weighted by Gasteiger charge is 2.16. The zero-order valence-electron chi connectivity index (χ0n) is 17.8. The first-order valence-corrected chi connectivity index (χ1v) is 11.7. The molecule has 0 amide bonds. The molecule has 0 radical (unpaired) electrons. The summed E-state index contributed by atoms with van der Waals surface area (Å²) in [5.74, 6) is 2.76. The van der Waals surface area contributed by atoms with Crippen molar-refractivity contribution in [1.82, 2.24) is 4.98 Å². The number of aromatic nitrogens is 1. The minimum absolute atomic E-state index is 0.0101. The Hall–Kier alpha value is -2.44. The van der Waals surface area contributed by atoms with Gasteiger partial charge >= 0.3 is 0 Å². The average molecular weight is 428 g/mol. The molecular weight excluding hydrogens is 398 g/mol. The van der Waals surface area contributed by atoms with Gasteiger partial charge in [-0.05, 0) is 50.1 Å². The third kappa shape index (κ3) is 6.03. The molecule has 1 heterocycles. The Morgan fingerprint density at radius 2 is 1.80 bits per heavy atom. The molecule has 0 saturated carbocycles. The highest BCUT2D eigenvalue weighted by Crippen LogP contribution is 2.23. The van der Waals surface area contributed by atoms with Gasteiger partial charge in [0.25, 0.3) is 0 Å². The maximum absolute atomic E-state index is 12.3. The lowest BCUT2D eigenvalue weighted by Gasteiger charge is -2.16. The van der Waals surface area contributed by atoms with E-state index in [1.54, 1.807) is 0 Å². The molecule has 0 aliphatic rings. The highest BCUT2D eigenvalue weighted by atomic mass is 32.2. The van der Waals surface area contributed by atoms with E-state index in [-0.39, 0.29) is 5.25 Å². The number of benzene rings is 2. The fourth-order valence-electron chi connectivity index (χ4n) is 3.12. The van der Waals surface area contributed by atoms with Crippen LogP contribution in [0.25, 0.3) is 11.5 Å². The van der Waals surface area contributed by atoms with Crippen molar-refractivity contribution in [2.75, 3.05) is 19.0 Å². The van der Waals surface area contributed by atoms with Crippen molar-refractivity contribution >= 4 is 10.8 Å². The number of ether oxygens (including phenoxy) is 2. The zero-order chi connectivity index (χ0) is 21.3. The summed E-state index contributed by atoms with van der Waals surface area (Å²) in [6, 6.07) is 17.7. The Labute approximate surface area is 180 Å². The van der Waals surface area contributed by atoms with Gasteiger partial charge in [-0.1, -0.05) is 37.3 Å². The third-order valence-electron chi connectivity index (χ3n) is 4.84. The van der Waals surface area contributed by atoms with Gasteiger partial charge in [-0.25, -0.2) is 4.98 Å². The fourth-order valence-corrected chi connectivity index (χ4v) is 4.21. The van der Waals surface area contributed by atoms with Crippen LogP contribution in [0.15, 0.2) is 59.0 Å². The molecule has 0 N–H and O–H groups in total. The lowest BCUT2D eigenvalue weighted by Crippen LogP contribution is -2.25. The first kappa shape index (κ1) is 22.2. The molecule has 1 unspecified atom stereocenters. The van der Waals surface area contributed by atoms with Crippen molar-refractivity contribution in [1.29, 1.82) is 0 Å². The summed E-state index contributed by atoms with van der Waals surface area (Å²) >= 11 is 0. The van der Waals surface area contributed by atoms with E-state index in [0.29, 0.717) is 31.5 Å². The molecule has 6 heteroatoms. The second kappa shape index (κ2) is 11.1. The second-order valence-electron chi connectivity index (χ2n) is 6.98. The maximum Gasteiger partial charge on any atom is 0.226 e. The van der Waals surface area contributed by atoms with Gasteiger partial charge in [0, 0.05) is 28.7 Å². The molecule has 3 rings (SSSR count). The van der Waals surface area contributed by atoms with Gasteiger partial charge in [0.15, 0.2) is 0 Å². The van der Waals surface area contributed by atoms with Crippen LogP contribution in [-0.4, -0.2) is 33.4 Å². The van der Waals surface area contributed by atoms with Crippen LogP contribution in [0.3, 0.4) is 0 Å². The molecule has 30 heavy (non-hydrogen) atoms. The molecule has 0 aliphatic heterocycles. The predicted octanol–water partition coefficient (Wildman–Crippen LogP) is 4.95. The molecule has 0 fully saturated rings. The van der Waals surface area contributed by atoms with Crippen LogP contribution in [0.2, 0.25) is 0 Å². The monoisotopic (exact) mass is 427 g/mol. The molecule has 0 bridgehead atoms. The predicted molar refractivity (Wildman–Crippen MR) is 120 cm³/mol. The van der Waals surface area contributed by atoms with E-state index < -0.39 is 10.8 Å². The molecule has 1 aromatic heterocycles. The molecule has 0 aliphatic carbocycles.